The van der Waals surface area contributed by atoms with Crippen LogP contribution in [0.3, 0.4) is 0 Å². The number of aryl methyl sites for hydroxylation is 1. The highest BCUT2D eigenvalue weighted by Gasteiger charge is 2.26. The standard InChI is InChI=1S/C18H26N6O/c1-22-14-20-17(21-22)11-19-18(25)23(2)16-9-6-10-24(13-16)12-15-7-4-3-5-8-15/h3-5,7-8,14,16H,6,9-13H2,1-2H3,(H,19,25)/t16-/m0/s1. The number of rotatable bonds is 5. The molecule has 0 bridgehead atoms. The monoisotopic (exact) mass is 342 g/mol. The summed E-state index contributed by atoms with van der Waals surface area (Å²) in [6.07, 6.45) is 3.78. The van der Waals surface area contributed by atoms with Crippen molar-refractivity contribution >= 4 is 6.03 Å². The second kappa shape index (κ2) is 8.11. The van der Waals surface area contributed by atoms with Crippen molar-refractivity contribution in [3.63, 3.8) is 0 Å². The Bertz CT molecular complexity index is 686. The number of carbonyl (C=O) groups is 1. The molecule has 2 amide bonds. The summed E-state index contributed by atoms with van der Waals surface area (Å²) in [5.74, 6) is 0.624. The molecule has 3 rings (SSSR count). The normalized spacial score (nSPS) is 18.1. The van der Waals surface area contributed by atoms with Gasteiger partial charge in [-0.05, 0) is 24.9 Å². The molecule has 0 aliphatic carbocycles. The molecule has 1 aromatic carbocycles. The van der Waals surface area contributed by atoms with E-state index in [0.717, 1.165) is 32.5 Å². The molecule has 0 saturated carbocycles. The number of hydrogen-bond donors (Lipinski definition) is 1. The lowest BCUT2D eigenvalue weighted by Gasteiger charge is -2.37. The fourth-order valence-electron chi connectivity index (χ4n) is 3.24. The molecule has 7 nitrogen and oxygen atoms in total. The van der Waals surface area contributed by atoms with Crippen molar-refractivity contribution < 1.29 is 4.79 Å². The largest absolute Gasteiger partial charge is 0.331 e. The van der Waals surface area contributed by atoms with Crippen LogP contribution in [-0.4, -0.2) is 56.8 Å². The number of carbonyl (C=O) groups excluding carboxylic acids is 1. The average molecular weight is 342 g/mol. The van der Waals surface area contributed by atoms with Gasteiger partial charge in [0.05, 0.1) is 6.54 Å². The maximum Gasteiger partial charge on any atom is 0.317 e. The summed E-state index contributed by atoms with van der Waals surface area (Å²) in [5, 5.41) is 7.08. The summed E-state index contributed by atoms with van der Waals surface area (Å²) < 4.78 is 1.63. The van der Waals surface area contributed by atoms with E-state index in [1.807, 2.05) is 25.1 Å². The smallest absolute Gasteiger partial charge is 0.317 e. The molecule has 0 unspecified atom stereocenters. The van der Waals surface area contributed by atoms with Gasteiger partial charge in [-0.1, -0.05) is 30.3 Å². The third-order valence-electron chi connectivity index (χ3n) is 4.64. The van der Waals surface area contributed by atoms with E-state index in [2.05, 4.69) is 44.6 Å². The van der Waals surface area contributed by atoms with Crippen molar-refractivity contribution in [1.29, 1.82) is 0 Å². The summed E-state index contributed by atoms with van der Waals surface area (Å²) in [6, 6.07) is 10.6. The number of piperidine rings is 1. The molecule has 25 heavy (non-hydrogen) atoms. The molecule has 1 fully saturated rings. The number of likely N-dealkylation sites (N-methyl/N-ethyl adjacent to an activating group) is 1. The molecular formula is C18H26N6O. The van der Waals surface area contributed by atoms with Crippen LogP contribution >= 0.6 is 0 Å². The SMILES string of the molecule is CN(C(=O)NCc1ncn(C)n1)[C@H]1CCCN(Cc2ccccc2)C1. The molecule has 2 heterocycles. The van der Waals surface area contributed by atoms with Crippen LogP contribution in [0, 0.1) is 0 Å². The Kier molecular flexibility index (Phi) is 5.65. The van der Waals surface area contributed by atoms with Crippen LogP contribution in [0.5, 0.6) is 0 Å². The zero-order chi connectivity index (χ0) is 17.6. The summed E-state index contributed by atoms with van der Waals surface area (Å²) >= 11 is 0. The maximum atomic E-state index is 12.4. The third-order valence-corrected chi connectivity index (χ3v) is 4.64. The highest BCUT2D eigenvalue weighted by molar-refractivity contribution is 5.74. The van der Waals surface area contributed by atoms with E-state index in [1.54, 1.807) is 11.0 Å². The second-order valence-corrected chi connectivity index (χ2v) is 6.62. The Morgan fingerprint density at radius 3 is 2.88 bits per heavy atom. The molecule has 1 atom stereocenters. The number of hydrogen-bond acceptors (Lipinski definition) is 4. The molecule has 1 aliphatic heterocycles. The number of urea groups is 1. The van der Waals surface area contributed by atoms with Crippen LogP contribution in [0.4, 0.5) is 4.79 Å². The zero-order valence-electron chi connectivity index (χ0n) is 14.9. The number of likely N-dealkylation sites (tertiary alicyclic amines) is 1. The van der Waals surface area contributed by atoms with Gasteiger partial charge in [0.15, 0.2) is 5.82 Å². The van der Waals surface area contributed by atoms with Gasteiger partial charge in [0, 0.05) is 33.2 Å². The van der Waals surface area contributed by atoms with E-state index in [4.69, 9.17) is 0 Å². The van der Waals surface area contributed by atoms with Gasteiger partial charge < -0.3 is 10.2 Å². The first-order chi connectivity index (χ1) is 12.1. The molecular weight excluding hydrogens is 316 g/mol. The fraction of sp³-hybridized carbons (Fsp3) is 0.500. The number of benzene rings is 1. The van der Waals surface area contributed by atoms with E-state index in [1.165, 1.54) is 5.56 Å². The highest BCUT2D eigenvalue weighted by Crippen LogP contribution is 2.17. The van der Waals surface area contributed by atoms with Gasteiger partial charge in [0.2, 0.25) is 0 Å². The minimum atomic E-state index is -0.0704. The minimum absolute atomic E-state index is 0.0704. The van der Waals surface area contributed by atoms with Gasteiger partial charge in [-0.3, -0.25) is 9.58 Å². The molecule has 1 aromatic heterocycles. The minimum Gasteiger partial charge on any atom is -0.331 e. The second-order valence-electron chi connectivity index (χ2n) is 6.62. The van der Waals surface area contributed by atoms with E-state index in [9.17, 15) is 4.79 Å². The number of amides is 2. The number of aromatic nitrogens is 3. The Morgan fingerprint density at radius 1 is 1.36 bits per heavy atom. The van der Waals surface area contributed by atoms with E-state index < -0.39 is 0 Å². The van der Waals surface area contributed by atoms with Gasteiger partial charge in [0.25, 0.3) is 0 Å². The molecule has 0 radical (unpaired) electrons. The van der Waals surface area contributed by atoms with Crippen LogP contribution in [0.1, 0.15) is 24.2 Å². The van der Waals surface area contributed by atoms with Crippen molar-refractivity contribution in [2.75, 3.05) is 20.1 Å². The summed E-state index contributed by atoms with van der Waals surface area (Å²) in [4.78, 5) is 20.8. The van der Waals surface area contributed by atoms with Crippen molar-refractivity contribution in [1.82, 2.24) is 29.9 Å². The Hall–Kier alpha value is -2.41. The van der Waals surface area contributed by atoms with Gasteiger partial charge in [-0.2, -0.15) is 5.10 Å². The average Bonchev–Trinajstić information content (AvgIpc) is 3.05. The van der Waals surface area contributed by atoms with E-state index in [0.29, 0.717) is 12.4 Å². The Labute approximate surface area is 148 Å². The van der Waals surface area contributed by atoms with Crippen LogP contribution in [0.2, 0.25) is 0 Å². The quantitative estimate of drug-likeness (QED) is 0.897. The van der Waals surface area contributed by atoms with E-state index >= 15 is 0 Å². The first-order valence-electron chi connectivity index (χ1n) is 8.73. The molecule has 0 spiro atoms. The summed E-state index contributed by atoms with van der Waals surface area (Å²) in [6.45, 7) is 3.27. The van der Waals surface area contributed by atoms with Crippen molar-refractivity contribution in [2.45, 2.75) is 32.0 Å². The summed E-state index contributed by atoms with van der Waals surface area (Å²) in [7, 11) is 3.69. The summed E-state index contributed by atoms with van der Waals surface area (Å²) in [5.41, 5.74) is 1.32. The fourth-order valence-corrected chi connectivity index (χ4v) is 3.24. The Balaban J connectivity index is 1.50. The van der Waals surface area contributed by atoms with Crippen molar-refractivity contribution in [2.24, 2.45) is 7.05 Å². The molecule has 1 aliphatic rings. The lowest BCUT2D eigenvalue weighted by Crippen LogP contribution is -2.51. The number of nitrogens with one attached hydrogen (secondary N) is 1. The van der Waals surface area contributed by atoms with Gasteiger partial charge >= 0.3 is 6.03 Å². The predicted molar refractivity (Wildman–Crippen MR) is 95.7 cm³/mol. The van der Waals surface area contributed by atoms with Gasteiger partial charge in [0.1, 0.15) is 6.33 Å². The third kappa shape index (κ3) is 4.79. The molecule has 7 heteroatoms. The molecule has 1 N–H and O–H groups in total. The highest BCUT2D eigenvalue weighted by atomic mass is 16.2. The molecule has 134 valence electrons. The predicted octanol–water partition coefficient (Wildman–Crippen LogP) is 1.62. The molecule has 1 saturated heterocycles. The van der Waals surface area contributed by atoms with Gasteiger partial charge in [-0.25, -0.2) is 9.78 Å². The van der Waals surface area contributed by atoms with Crippen LogP contribution < -0.4 is 5.32 Å². The lowest BCUT2D eigenvalue weighted by atomic mass is 10.0. The van der Waals surface area contributed by atoms with Crippen LogP contribution in [-0.2, 0) is 20.1 Å². The van der Waals surface area contributed by atoms with E-state index in [-0.39, 0.29) is 12.1 Å². The van der Waals surface area contributed by atoms with Crippen molar-refractivity contribution in [3.05, 3.63) is 48.0 Å². The van der Waals surface area contributed by atoms with Crippen molar-refractivity contribution in [3.8, 4) is 0 Å². The van der Waals surface area contributed by atoms with Gasteiger partial charge in [-0.15, -0.1) is 0 Å². The molecule has 2 aromatic rings. The van der Waals surface area contributed by atoms with Crippen LogP contribution in [0.15, 0.2) is 36.7 Å². The number of nitrogens with zero attached hydrogens (tertiary/aromatic N) is 5. The van der Waals surface area contributed by atoms with Crippen LogP contribution in [0.25, 0.3) is 0 Å². The topological polar surface area (TPSA) is 66.3 Å². The Morgan fingerprint density at radius 2 is 2.16 bits per heavy atom. The zero-order valence-corrected chi connectivity index (χ0v) is 14.9. The first-order valence-corrected chi connectivity index (χ1v) is 8.73. The maximum absolute atomic E-state index is 12.4. The first kappa shape index (κ1) is 17.4. The lowest BCUT2D eigenvalue weighted by molar-refractivity contribution is 0.121.